The van der Waals surface area contributed by atoms with Gasteiger partial charge in [0.15, 0.2) is 0 Å². The van der Waals surface area contributed by atoms with Gasteiger partial charge in [0, 0.05) is 25.1 Å². The molecule has 3 rings (SSSR count). The number of imide groups is 1. The van der Waals surface area contributed by atoms with Crippen molar-refractivity contribution in [3.8, 4) is 0 Å². The van der Waals surface area contributed by atoms with Crippen molar-refractivity contribution in [3.63, 3.8) is 0 Å². The third-order valence-electron chi connectivity index (χ3n) is 4.48. The van der Waals surface area contributed by atoms with Crippen molar-refractivity contribution in [2.75, 3.05) is 13.1 Å². The number of hydrogen-bond donors (Lipinski definition) is 1. The number of hydrogen-bond acceptors (Lipinski definition) is 4. The van der Waals surface area contributed by atoms with Gasteiger partial charge in [-0.05, 0) is 25.0 Å². The topological polar surface area (TPSA) is 70.1 Å². The van der Waals surface area contributed by atoms with E-state index in [-0.39, 0.29) is 18.0 Å². The van der Waals surface area contributed by atoms with Gasteiger partial charge in [0.2, 0.25) is 0 Å². The van der Waals surface area contributed by atoms with Crippen molar-refractivity contribution >= 4 is 11.9 Å². The molecule has 1 aromatic carbocycles. The van der Waals surface area contributed by atoms with Crippen LogP contribution in [0.25, 0.3) is 0 Å². The summed E-state index contributed by atoms with van der Waals surface area (Å²) < 4.78 is 5.78. The molecule has 0 bridgehead atoms. The van der Waals surface area contributed by atoms with Crippen LogP contribution >= 0.6 is 0 Å². The van der Waals surface area contributed by atoms with Gasteiger partial charge >= 0.3 is 6.03 Å². The fourth-order valence-corrected chi connectivity index (χ4v) is 3.21. The van der Waals surface area contributed by atoms with E-state index >= 15 is 0 Å². The summed E-state index contributed by atoms with van der Waals surface area (Å²) in [6, 6.07) is 8.47. The van der Waals surface area contributed by atoms with Crippen LogP contribution in [0.15, 0.2) is 30.3 Å². The van der Waals surface area contributed by atoms with Gasteiger partial charge < -0.3 is 9.84 Å². The highest BCUT2D eigenvalue weighted by Crippen LogP contribution is 2.28. The van der Waals surface area contributed by atoms with Gasteiger partial charge in [-0.3, -0.25) is 14.6 Å². The van der Waals surface area contributed by atoms with Crippen molar-refractivity contribution < 1.29 is 19.4 Å². The molecule has 0 aromatic heterocycles. The normalized spacial score (nSPS) is 28.3. The van der Waals surface area contributed by atoms with Crippen LogP contribution in [0.4, 0.5) is 4.79 Å². The van der Waals surface area contributed by atoms with Crippen LogP contribution in [0.2, 0.25) is 0 Å². The maximum absolute atomic E-state index is 12.7. The highest BCUT2D eigenvalue weighted by molar-refractivity contribution is 6.04. The molecular formula is C17H22N2O4. The molecule has 0 radical (unpaired) electrons. The van der Waals surface area contributed by atoms with Crippen LogP contribution < -0.4 is 0 Å². The minimum Gasteiger partial charge on any atom is -0.390 e. The highest BCUT2D eigenvalue weighted by Gasteiger charge is 2.41. The summed E-state index contributed by atoms with van der Waals surface area (Å²) >= 11 is 0. The van der Waals surface area contributed by atoms with Gasteiger partial charge in [-0.15, -0.1) is 0 Å². The smallest absolute Gasteiger partial charge is 0.329 e. The van der Waals surface area contributed by atoms with E-state index in [0.717, 1.165) is 0 Å². The first-order chi connectivity index (χ1) is 11.1. The summed E-state index contributed by atoms with van der Waals surface area (Å²) in [6.07, 6.45) is 0.556. The molecule has 2 fully saturated rings. The zero-order valence-corrected chi connectivity index (χ0v) is 13.2. The van der Waals surface area contributed by atoms with E-state index in [1.54, 1.807) is 29.2 Å². The molecule has 1 unspecified atom stereocenters. The number of urea groups is 1. The van der Waals surface area contributed by atoms with E-state index in [1.165, 1.54) is 4.90 Å². The fourth-order valence-electron chi connectivity index (χ4n) is 3.21. The summed E-state index contributed by atoms with van der Waals surface area (Å²) in [5, 5.41) is 9.99. The molecule has 0 spiro atoms. The van der Waals surface area contributed by atoms with E-state index < -0.39 is 12.3 Å². The van der Waals surface area contributed by atoms with Crippen LogP contribution in [0.3, 0.4) is 0 Å². The molecule has 2 aliphatic heterocycles. The van der Waals surface area contributed by atoms with Gasteiger partial charge in [0.1, 0.15) is 6.23 Å². The van der Waals surface area contributed by atoms with Crippen molar-refractivity contribution in [3.05, 3.63) is 35.9 Å². The standard InChI is InChI=1S/C17H22N2O4/c1-2-14-13(20)11-15(23-14)18-9-6-10-19(17(18)22)16(21)12-7-4-3-5-8-12/h3-5,7-8,13-15,20H,2,6,9-11H2,1H3/t13?,14-,15+/m1/s1. The molecule has 3 atom stereocenters. The van der Waals surface area contributed by atoms with Gasteiger partial charge in [0.05, 0.1) is 12.2 Å². The maximum atomic E-state index is 12.7. The third kappa shape index (κ3) is 3.09. The molecule has 3 amide bonds. The van der Waals surface area contributed by atoms with Crippen LogP contribution in [-0.2, 0) is 4.74 Å². The Morgan fingerprint density at radius 2 is 2.04 bits per heavy atom. The Labute approximate surface area is 135 Å². The molecule has 1 aromatic rings. The number of benzene rings is 1. The van der Waals surface area contributed by atoms with Crippen LogP contribution in [-0.4, -0.2) is 58.4 Å². The number of nitrogens with zero attached hydrogens (tertiary/aromatic N) is 2. The Balaban J connectivity index is 1.73. The Bertz CT molecular complexity index is 577. The van der Waals surface area contributed by atoms with E-state index in [9.17, 15) is 14.7 Å². The molecular weight excluding hydrogens is 296 g/mol. The number of carbonyl (C=O) groups excluding carboxylic acids is 2. The van der Waals surface area contributed by atoms with Crippen molar-refractivity contribution in [1.82, 2.24) is 9.80 Å². The number of amides is 3. The van der Waals surface area contributed by atoms with E-state index in [4.69, 9.17) is 4.74 Å². The summed E-state index contributed by atoms with van der Waals surface area (Å²) in [6.45, 7) is 2.90. The van der Waals surface area contributed by atoms with E-state index in [2.05, 4.69) is 0 Å². The Morgan fingerprint density at radius 3 is 2.70 bits per heavy atom. The first-order valence-electron chi connectivity index (χ1n) is 8.13. The fraction of sp³-hybridized carbons (Fsp3) is 0.529. The summed E-state index contributed by atoms with van der Waals surface area (Å²) in [4.78, 5) is 28.1. The molecule has 124 valence electrons. The molecule has 1 N–H and O–H groups in total. The monoisotopic (exact) mass is 318 g/mol. The Kier molecular flexibility index (Phi) is 4.63. The number of carbonyl (C=O) groups is 2. The van der Waals surface area contributed by atoms with Crippen molar-refractivity contribution in [1.29, 1.82) is 0 Å². The van der Waals surface area contributed by atoms with Crippen LogP contribution in [0, 0.1) is 0 Å². The Morgan fingerprint density at radius 1 is 1.30 bits per heavy atom. The minimum absolute atomic E-state index is 0.243. The second-order valence-electron chi connectivity index (χ2n) is 5.99. The van der Waals surface area contributed by atoms with Crippen LogP contribution in [0.1, 0.15) is 36.5 Å². The predicted octanol–water partition coefficient (Wildman–Crippen LogP) is 1.84. The highest BCUT2D eigenvalue weighted by atomic mass is 16.5. The van der Waals surface area contributed by atoms with Crippen LogP contribution in [0.5, 0.6) is 0 Å². The third-order valence-corrected chi connectivity index (χ3v) is 4.48. The molecule has 6 nitrogen and oxygen atoms in total. The first kappa shape index (κ1) is 16.0. The largest absolute Gasteiger partial charge is 0.390 e. The second kappa shape index (κ2) is 6.68. The lowest BCUT2D eigenvalue weighted by atomic mass is 10.1. The second-order valence-corrected chi connectivity index (χ2v) is 5.99. The number of aliphatic hydroxyl groups is 1. The summed E-state index contributed by atoms with van der Waals surface area (Å²) in [5.74, 6) is -0.286. The lowest BCUT2D eigenvalue weighted by Crippen LogP contribution is -2.55. The zero-order chi connectivity index (χ0) is 16.4. The average Bonchev–Trinajstić information content (AvgIpc) is 2.96. The summed E-state index contributed by atoms with van der Waals surface area (Å²) in [7, 11) is 0. The average molecular weight is 318 g/mol. The van der Waals surface area contributed by atoms with Gasteiger partial charge in [0.25, 0.3) is 5.91 Å². The van der Waals surface area contributed by atoms with E-state index in [1.807, 2.05) is 13.0 Å². The molecule has 6 heteroatoms. The van der Waals surface area contributed by atoms with Gasteiger partial charge in [-0.1, -0.05) is 25.1 Å². The van der Waals surface area contributed by atoms with Crippen molar-refractivity contribution in [2.45, 2.75) is 44.6 Å². The molecule has 0 aliphatic carbocycles. The van der Waals surface area contributed by atoms with Gasteiger partial charge in [-0.25, -0.2) is 4.79 Å². The number of rotatable bonds is 3. The lowest BCUT2D eigenvalue weighted by Gasteiger charge is -2.37. The predicted molar refractivity (Wildman–Crippen MR) is 83.8 cm³/mol. The summed E-state index contributed by atoms with van der Waals surface area (Å²) in [5.41, 5.74) is 0.501. The quantitative estimate of drug-likeness (QED) is 0.923. The molecule has 2 aliphatic rings. The molecule has 2 saturated heterocycles. The molecule has 23 heavy (non-hydrogen) atoms. The molecule has 0 saturated carbocycles. The lowest BCUT2D eigenvalue weighted by molar-refractivity contribution is -0.0550. The molecule has 2 heterocycles. The Hall–Kier alpha value is -1.92. The van der Waals surface area contributed by atoms with Crippen molar-refractivity contribution in [2.24, 2.45) is 0 Å². The number of ether oxygens (including phenoxy) is 1. The van der Waals surface area contributed by atoms with Gasteiger partial charge in [-0.2, -0.15) is 0 Å². The maximum Gasteiger partial charge on any atom is 0.329 e. The SMILES string of the molecule is CC[C@H]1O[C@H](N2CCCN(C(=O)c3ccccc3)C2=O)CC1O. The first-order valence-corrected chi connectivity index (χ1v) is 8.13. The zero-order valence-electron chi connectivity index (χ0n) is 13.2. The number of aliphatic hydroxyl groups excluding tert-OH is 1. The minimum atomic E-state index is -0.557. The van der Waals surface area contributed by atoms with E-state index in [0.29, 0.717) is 37.9 Å².